The number of hydrogen-bond acceptors (Lipinski definition) is 4. The molecule has 3 aromatic rings. The van der Waals surface area contributed by atoms with E-state index in [2.05, 4.69) is 15.5 Å². The molecule has 0 saturated carbocycles. The number of ketones is 1. The molecule has 5 nitrogen and oxygen atoms in total. The van der Waals surface area contributed by atoms with Gasteiger partial charge in [-0.05, 0) is 49.7 Å². The van der Waals surface area contributed by atoms with Crippen LogP contribution in [0.1, 0.15) is 29.0 Å². The van der Waals surface area contributed by atoms with Gasteiger partial charge in [-0.1, -0.05) is 12.1 Å². The lowest BCUT2D eigenvalue weighted by atomic mass is 9.89. The topological polar surface area (TPSA) is 47.4 Å². The molecule has 1 fully saturated rings. The molecule has 1 aliphatic heterocycles. The zero-order valence-electron chi connectivity index (χ0n) is 16.2. The summed E-state index contributed by atoms with van der Waals surface area (Å²) in [7, 11) is 3.53. The molecule has 28 heavy (non-hydrogen) atoms. The second-order valence-corrected chi connectivity index (χ2v) is 7.36. The molecule has 2 aromatic carbocycles. The van der Waals surface area contributed by atoms with E-state index in [4.69, 9.17) is 9.72 Å². The number of likely N-dealkylation sites (tertiary alicyclic amines) is 1. The highest BCUT2D eigenvalue weighted by Crippen LogP contribution is 2.28. The Morgan fingerprint density at radius 3 is 2.89 bits per heavy atom. The highest BCUT2D eigenvalue weighted by atomic mass is 19.1. The second-order valence-electron chi connectivity index (χ2n) is 7.36. The van der Waals surface area contributed by atoms with Crippen LogP contribution < -0.4 is 4.74 Å². The fourth-order valence-electron chi connectivity index (χ4n) is 4.04. The van der Waals surface area contributed by atoms with Gasteiger partial charge in [0.15, 0.2) is 5.78 Å². The largest absolute Gasteiger partial charge is 0.496 e. The number of carbonyl (C=O) groups excluding carboxylic acids is 1. The minimum absolute atomic E-state index is 0.0500. The van der Waals surface area contributed by atoms with E-state index in [-0.39, 0.29) is 11.7 Å². The first-order valence-corrected chi connectivity index (χ1v) is 9.57. The number of para-hydroxylation sites is 2. The standard InChI is InChI=1S/C22H24FN3O2/c1-25-19-8-4-3-7-18(19)24-21(25)14-26-11-5-6-15(13-26)22(27)17-12-16(23)9-10-20(17)28-2/h3-4,7-10,12,15H,5-6,11,13-14H2,1-2H3/t15-/m1/s1. The normalized spacial score (nSPS) is 17.8. The molecule has 1 atom stereocenters. The van der Waals surface area contributed by atoms with E-state index >= 15 is 0 Å². The zero-order valence-corrected chi connectivity index (χ0v) is 16.2. The molecule has 1 saturated heterocycles. The maximum absolute atomic E-state index is 13.7. The van der Waals surface area contributed by atoms with Crippen LogP contribution in [0.25, 0.3) is 11.0 Å². The summed E-state index contributed by atoms with van der Waals surface area (Å²) in [6, 6.07) is 12.2. The summed E-state index contributed by atoms with van der Waals surface area (Å²) in [5.41, 5.74) is 2.41. The van der Waals surface area contributed by atoms with Crippen molar-refractivity contribution < 1.29 is 13.9 Å². The van der Waals surface area contributed by atoms with Gasteiger partial charge in [-0.2, -0.15) is 0 Å². The molecule has 1 aromatic heterocycles. The summed E-state index contributed by atoms with van der Waals surface area (Å²) in [4.78, 5) is 20.0. The Bertz CT molecular complexity index is 1010. The van der Waals surface area contributed by atoms with Gasteiger partial charge in [-0.3, -0.25) is 9.69 Å². The van der Waals surface area contributed by atoms with Crippen LogP contribution in [0.5, 0.6) is 5.75 Å². The first kappa shape index (κ1) is 18.6. The molecule has 146 valence electrons. The number of rotatable bonds is 5. The number of piperidine rings is 1. The zero-order chi connectivity index (χ0) is 19.7. The molecular formula is C22H24FN3O2. The van der Waals surface area contributed by atoms with Crippen molar-refractivity contribution in [3.63, 3.8) is 0 Å². The number of aromatic nitrogens is 2. The van der Waals surface area contributed by atoms with E-state index in [1.807, 2.05) is 25.2 Å². The summed E-state index contributed by atoms with van der Waals surface area (Å²) >= 11 is 0. The maximum atomic E-state index is 13.7. The molecule has 0 radical (unpaired) electrons. The molecule has 0 aliphatic carbocycles. The Kier molecular flexibility index (Phi) is 5.13. The Balaban J connectivity index is 1.52. The fraction of sp³-hybridized carbons (Fsp3) is 0.364. The molecule has 1 aliphatic rings. The monoisotopic (exact) mass is 381 g/mol. The van der Waals surface area contributed by atoms with E-state index in [1.165, 1.54) is 25.3 Å². The van der Waals surface area contributed by atoms with Gasteiger partial charge in [-0.15, -0.1) is 0 Å². The van der Waals surface area contributed by atoms with Crippen LogP contribution in [0.3, 0.4) is 0 Å². The third-order valence-corrected chi connectivity index (χ3v) is 5.55. The van der Waals surface area contributed by atoms with Gasteiger partial charge in [0.2, 0.25) is 0 Å². The third kappa shape index (κ3) is 3.52. The number of imidazole rings is 1. The molecule has 0 unspecified atom stereocenters. The SMILES string of the molecule is COc1ccc(F)cc1C(=O)[C@@H]1CCCN(Cc2nc3ccccc3n2C)C1. The maximum Gasteiger partial charge on any atom is 0.171 e. The van der Waals surface area contributed by atoms with Crippen LogP contribution in [0.4, 0.5) is 4.39 Å². The number of fused-ring (bicyclic) bond motifs is 1. The van der Waals surface area contributed by atoms with Crippen LogP contribution >= 0.6 is 0 Å². The average Bonchev–Trinajstić information content (AvgIpc) is 3.03. The second kappa shape index (κ2) is 7.72. The van der Waals surface area contributed by atoms with Crippen molar-refractivity contribution in [2.45, 2.75) is 19.4 Å². The van der Waals surface area contributed by atoms with Crippen molar-refractivity contribution in [3.8, 4) is 5.75 Å². The molecule has 0 bridgehead atoms. The van der Waals surface area contributed by atoms with Crippen LogP contribution in [0, 0.1) is 11.7 Å². The summed E-state index contributed by atoms with van der Waals surface area (Å²) in [6.45, 7) is 2.25. The quantitative estimate of drug-likeness (QED) is 0.631. The number of halogens is 1. The molecule has 4 rings (SSSR count). The first-order valence-electron chi connectivity index (χ1n) is 9.57. The van der Waals surface area contributed by atoms with Gasteiger partial charge in [0.1, 0.15) is 17.4 Å². The van der Waals surface area contributed by atoms with Crippen molar-refractivity contribution in [1.29, 1.82) is 0 Å². The molecule has 0 N–H and O–H groups in total. The van der Waals surface area contributed by atoms with Crippen LogP contribution in [0.15, 0.2) is 42.5 Å². The Morgan fingerprint density at radius 2 is 2.11 bits per heavy atom. The highest BCUT2D eigenvalue weighted by Gasteiger charge is 2.29. The van der Waals surface area contributed by atoms with Crippen LogP contribution in [0.2, 0.25) is 0 Å². The van der Waals surface area contributed by atoms with E-state index in [0.717, 1.165) is 36.2 Å². The Hall–Kier alpha value is -2.73. The highest BCUT2D eigenvalue weighted by molar-refractivity contribution is 6.00. The minimum Gasteiger partial charge on any atom is -0.496 e. The van der Waals surface area contributed by atoms with Gasteiger partial charge in [-0.25, -0.2) is 9.37 Å². The van der Waals surface area contributed by atoms with Crippen molar-refractivity contribution in [3.05, 3.63) is 59.7 Å². The van der Waals surface area contributed by atoms with Crippen molar-refractivity contribution in [1.82, 2.24) is 14.5 Å². The molecule has 0 spiro atoms. The van der Waals surface area contributed by atoms with Crippen LogP contribution in [-0.2, 0) is 13.6 Å². The van der Waals surface area contributed by atoms with E-state index < -0.39 is 5.82 Å². The number of aryl methyl sites for hydroxylation is 1. The van der Waals surface area contributed by atoms with E-state index in [9.17, 15) is 9.18 Å². The molecule has 6 heteroatoms. The van der Waals surface area contributed by atoms with Gasteiger partial charge >= 0.3 is 0 Å². The van der Waals surface area contributed by atoms with Gasteiger partial charge in [0.25, 0.3) is 0 Å². The lowest BCUT2D eigenvalue weighted by molar-refractivity contribution is 0.0804. The smallest absolute Gasteiger partial charge is 0.171 e. The number of nitrogens with zero attached hydrogens (tertiary/aromatic N) is 3. The number of hydrogen-bond donors (Lipinski definition) is 0. The summed E-state index contributed by atoms with van der Waals surface area (Å²) < 4.78 is 21.1. The molecule has 2 heterocycles. The predicted molar refractivity (Wildman–Crippen MR) is 106 cm³/mol. The Labute approximate surface area is 163 Å². The molecule has 0 amide bonds. The first-order chi connectivity index (χ1) is 13.6. The lowest BCUT2D eigenvalue weighted by Gasteiger charge is -2.31. The van der Waals surface area contributed by atoms with E-state index in [0.29, 0.717) is 24.4 Å². The fourth-order valence-corrected chi connectivity index (χ4v) is 4.04. The van der Waals surface area contributed by atoms with Crippen molar-refractivity contribution in [2.24, 2.45) is 13.0 Å². The van der Waals surface area contributed by atoms with Gasteiger partial charge in [0.05, 0.1) is 30.3 Å². The van der Waals surface area contributed by atoms with Crippen LogP contribution in [-0.4, -0.2) is 40.4 Å². The van der Waals surface area contributed by atoms with Crippen molar-refractivity contribution in [2.75, 3.05) is 20.2 Å². The third-order valence-electron chi connectivity index (χ3n) is 5.55. The molecular weight excluding hydrogens is 357 g/mol. The summed E-state index contributed by atoms with van der Waals surface area (Å²) in [5, 5.41) is 0. The van der Waals surface area contributed by atoms with Gasteiger partial charge < -0.3 is 9.30 Å². The van der Waals surface area contributed by atoms with E-state index in [1.54, 1.807) is 0 Å². The predicted octanol–water partition coefficient (Wildman–Crippen LogP) is 3.82. The minimum atomic E-state index is -0.420. The number of carbonyl (C=O) groups is 1. The summed E-state index contributed by atoms with van der Waals surface area (Å²) in [5.74, 6) is 0.776. The summed E-state index contributed by atoms with van der Waals surface area (Å²) in [6.07, 6.45) is 1.73. The number of Topliss-reactive ketones (excluding diaryl/α,β-unsaturated/α-hetero) is 1. The number of benzene rings is 2. The average molecular weight is 381 g/mol. The van der Waals surface area contributed by atoms with Crippen molar-refractivity contribution >= 4 is 16.8 Å². The number of ether oxygens (including phenoxy) is 1. The van der Waals surface area contributed by atoms with Gasteiger partial charge in [0, 0.05) is 19.5 Å². The Morgan fingerprint density at radius 1 is 1.29 bits per heavy atom. The number of methoxy groups -OCH3 is 1. The lowest BCUT2D eigenvalue weighted by Crippen LogP contribution is -2.38.